The fraction of sp³-hybridized carbons (Fsp3) is 0.345. The zero-order valence-corrected chi connectivity index (χ0v) is 24.7. The molecule has 9 nitrogen and oxygen atoms in total. The Kier molecular flexibility index (Phi) is 10.5. The van der Waals surface area contributed by atoms with Gasteiger partial charge in [0.05, 0.1) is 29.0 Å². The molecule has 0 aliphatic rings. The van der Waals surface area contributed by atoms with Crippen molar-refractivity contribution in [2.24, 2.45) is 5.92 Å². The molecular weight excluding hydrogens is 552 g/mol. The van der Waals surface area contributed by atoms with Gasteiger partial charge in [-0.1, -0.05) is 44.2 Å². The van der Waals surface area contributed by atoms with E-state index in [-0.39, 0.29) is 40.8 Å². The van der Waals surface area contributed by atoms with E-state index in [1.807, 2.05) is 44.2 Å². The largest absolute Gasteiger partial charge is 0.497 e. The van der Waals surface area contributed by atoms with E-state index in [1.165, 1.54) is 47.8 Å². The fourth-order valence-corrected chi connectivity index (χ4v) is 6.42. The molecule has 0 bridgehead atoms. The number of ether oxygens (including phenoxy) is 1. The van der Waals surface area contributed by atoms with Gasteiger partial charge < -0.3 is 15.2 Å². The summed E-state index contributed by atoms with van der Waals surface area (Å²) in [7, 11) is -5.91. The average molecular weight is 589 g/mol. The van der Waals surface area contributed by atoms with E-state index < -0.39 is 37.9 Å². The van der Waals surface area contributed by atoms with Gasteiger partial charge in [0.2, 0.25) is 10.0 Å². The molecule has 0 aliphatic carbocycles. The van der Waals surface area contributed by atoms with Gasteiger partial charge >= 0.3 is 0 Å². The molecular formula is C29H36N2O7S2. The third kappa shape index (κ3) is 8.37. The molecule has 0 radical (unpaired) electrons. The van der Waals surface area contributed by atoms with Gasteiger partial charge in [-0.15, -0.1) is 0 Å². The van der Waals surface area contributed by atoms with E-state index >= 15 is 0 Å². The van der Waals surface area contributed by atoms with Gasteiger partial charge in [0, 0.05) is 24.9 Å². The number of aliphatic hydroxyl groups excluding tert-OH is 1. The molecule has 0 heterocycles. The molecule has 0 saturated heterocycles. The van der Waals surface area contributed by atoms with Crippen molar-refractivity contribution in [2.45, 2.75) is 42.2 Å². The molecule has 2 atom stereocenters. The number of benzene rings is 3. The molecule has 216 valence electrons. The monoisotopic (exact) mass is 588 g/mol. The number of hydrogen-bond acceptors (Lipinski definition) is 7. The number of carbonyl (C=O) groups excluding carboxylic acids is 1. The Morgan fingerprint density at radius 1 is 0.875 bits per heavy atom. The standard InChI is InChI=1S/C29H36N2O7S2/c1-21(2)19-31(40(36,37)26-16-12-24(38-3)13-17-26)20-28(32)27(18-22-8-6-5-7-9-22)30-29(33)23-10-14-25(15-11-23)39(4,34)35/h5-17,21,27-28,32H,18-20H2,1-4H3,(H,30,33)/t27-,28+/m0/s1. The second-order valence-electron chi connectivity index (χ2n) is 10.0. The van der Waals surface area contributed by atoms with Crippen LogP contribution in [0.4, 0.5) is 0 Å². The number of carbonyl (C=O) groups is 1. The van der Waals surface area contributed by atoms with Crippen molar-refractivity contribution < 1.29 is 31.5 Å². The molecule has 0 saturated carbocycles. The highest BCUT2D eigenvalue weighted by atomic mass is 32.2. The van der Waals surface area contributed by atoms with Crippen molar-refractivity contribution >= 4 is 25.8 Å². The molecule has 11 heteroatoms. The summed E-state index contributed by atoms with van der Waals surface area (Å²) >= 11 is 0. The lowest BCUT2D eigenvalue weighted by Crippen LogP contribution is -2.51. The highest BCUT2D eigenvalue weighted by Gasteiger charge is 2.31. The Morgan fingerprint density at radius 3 is 1.98 bits per heavy atom. The van der Waals surface area contributed by atoms with Crippen LogP contribution < -0.4 is 10.1 Å². The number of methoxy groups -OCH3 is 1. The summed E-state index contributed by atoms with van der Waals surface area (Å²) in [6.45, 7) is 3.67. The fourth-order valence-electron chi connectivity index (χ4n) is 4.17. The lowest BCUT2D eigenvalue weighted by Gasteiger charge is -2.31. The molecule has 3 aromatic rings. The Balaban J connectivity index is 1.89. The molecule has 0 unspecified atom stereocenters. The number of rotatable bonds is 13. The number of nitrogens with one attached hydrogen (secondary N) is 1. The summed E-state index contributed by atoms with van der Waals surface area (Å²) in [5.74, 6) is -0.0335. The minimum Gasteiger partial charge on any atom is -0.497 e. The Labute approximate surface area is 236 Å². The van der Waals surface area contributed by atoms with Crippen molar-refractivity contribution in [1.82, 2.24) is 9.62 Å². The van der Waals surface area contributed by atoms with E-state index in [0.717, 1.165) is 11.8 Å². The summed E-state index contributed by atoms with van der Waals surface area (Å²) in [5.41, 5.74) is 1.05. The molecule has 0 aliphatic heterocycles. The number of nitrogens with zero attached hydrogens (tertiary/aromatic N) is 1. The van der Waals surface area contributed by atoms with Gasteiger partial charge in [0.15, 0.2) is 9.84 Å². The Hall–Kier alpha value is -3.25. The first-order chi connectivity index (χ1) is 18.8. The van der Waals surface area contributed by atoms with E-state index in [9.17, 15) is 26.7 Å². The van der Waals surface area contributed by atoms with E-state index in [4.69, 9.17) is 4.74 Å². The first-order valence-corrected chi connectivity index (χ1v) is 16.1. The smallest absolute Gasteiger partial charge is 0.251 e. The van der Waals surface area contributed by atoms with Crippen LogP contribution in [0.5, 0.6) is 5.75 Å². The van der Waals surface area contributed by atoms with Crippen molar-refractivity contribution in [1.29, 1.82) is 0 Å². The maximum Gasteiger partial charge on any atom is 0.251 e. The van der Waals surface area contributed by atoms with Crippen molar-refractivity contribution in [3.05, 3.63) is 90.0 Å². The van der Waals surface area contributed by atoms with Gasteiger partial charge in [-0.05, 0) is 66.4 Å². The van der Waals surface area contributed by atoms with Crippen molar-refractivity contribution in [2.75, 3.05) is 26.5 Å². The minimum absolute atomic E-state index is 0.0317. The maximum atomic E-state index is 13.6. The topological polar surface area (TPSA) is 130 Å². The summed E-state index contributed by atoms with van der Waals surface area (Å²) < 4.78 is 57.1. The molecule has 2 N–H and O–H groups in total. The Morgan fingerprint density at radius 2 is 1.45 bits per heavy atom. The number of hydrogen-bond donors (Lipinski definition) is 2. The third-order valence-electron chi connectivity index (χ3n) is 6.28. The SMILES string of the molecule is COc1ccc(S(=O)(=O)N(CC(C)C)C[C@@H](O)[C@H](Cc2ccccc2)NC(=O)c2ccc(S(C)(=O)=O)cc2)cc1. The molecule has 3 rings (SSSR count). The number of aliphatic hydroxyl groups is 1. The maximum absolute atomic E-state index is 13.6. The summed E-state index contributed by atoms with van der Waals surface area (Å²) in [5, 5.41) is 14.2. The van der Waals surface area contributed by atoms with Crippen LogP contribution in [0.1, 0.15) is 29.8 Å². The van der Waals surface area contributed by atoms with Crippen LogP contribution in [-0.2, 0) is 26.3 Å². The normalized spacial score (nSPS) is 13.7. The van der Waals surface area contributed by atoms with Crippen LogP contribution in [0, 0.1) is 5.92 Å². The summed E-state index contributed by atoms with van der Waals surface area (Å²) in [6, 6.07) is 19.9. The second kappa shape index (κ2) is 13.4. The average Bonchev–Trinajstić information content (AvgIpc) is 2.92. The van der Waals surface area contributed by atoms with Crippen LogP contribution in [0.25, 0.3) is 0 Å². The number of sulfone groups is 1. The molecule has 0 aromatic heterocycles. The zero-order chi connectivity index (χ0) is 29.5. The molecule has 0 fully saturated rings. The number of sulfonamides is 1. The first kappa shape index (κ1) is 31.3. The molecule has 0 spiro atoms. The van der Waals surface area contributed by atoms with E-state index in [2.05, 4.69) is 5.32 Å². The van der Waals surface area contributed by atoms with Crippen LogP contribution >= 0.6 is 0 Å². The molecule has 40 heavy (non-hydrogen) atoms. The molecule has 3 aromatic carbocycles. The van der Waals surface area contributed by atoms with Crippen molar-refractivity contribution in [3.63, 3.8) is 0 Å². The first-order valence-electron chi connectivity index (χ1n) is 12.8. The van der Waals surface area contributed by atoms with Crippen LogP contribution in [0.3, 0.4) is 0 Å². The van der Waals surface area contributed by atoms with Gasteiger partial charge in [0.1, 0.15) is 5.75 Å². The van der Waals surface area contributed by atoms with Gasteiger partial charge in [-0.2, -0.15) is 4.31 Å². The van der Waals surface area contributed by atoms with Gasteiger partial charge in [-0.3, -0.25) is 4.79 Å². The lowest BCUT2D eigenvalue weighted by molar-refractivity contribution is 0.0776. The summed E-state index contributed by atoms with van der Waals surface area (Å²) in [6.07, 6.45) is 0.0658. The highest BCUT2D eigenvalue weighted by Crippen LogP contribution is 2.22. The highest BCUT2D eigenvalue weighted by molar-refractivity contribution is 7.90. The van der Waals surface area contributed by atoms with Crippen LogP contribution in [0.2, 0.25) is 0 Å². The van der Waals surface area contributed by atoms with Crippen LogP contribution in [0.15, 0.2) is 88.7 Å². The lowest BCUT2D eigenvalue weighted by atomic mass is 10.00. The number of amides is 1. The van der Waals surface area contributed by atoms with Gasteiger partial charge in [0.25, 0.3) is 5.91 Å². The van der Waals surface area contributed by atoms with E-state index in [1.54, 1.807) is 12.1 Å². The van der Waals surface area contributed by atoms with Gasteiger partial charge in [-0.25, -0.2) is 16.8 Å². The Bertz CT molecular complexity index is 1470. The van der Waals surface area contributed by atoms with Crippen molar-refractivity contribution in [3.8, 4) is 5.75 Å². The zero-order valence-electron chi connectivity index (χ0n) is 23.0. The minimum atomic E-state index is -3.97. The third-order valence-corrected chi connectivity index (χ3v) is 9.26. The predicted octanol–water partition coefficient (Wildman–Crippen LogP) is 3.15. The van der Waals surface area contributed by atoms with Crippen LogP contribution in [-0.4, -0.2) is 70.8 Å². The quantitative estimate of drug-likeness (QED) is 0.314. The summed E-state index contributed by atoms with van der Waals surface area (Å²) in [4.78, 5) is 13.3. The second-order valence-corrected chi connectivity index (χ2v) is 14.0. The van der Waals surface area contributed by atoms with E-state index in [0.29, 0.717) is 5.75 Å². The predicted molar refractivity (Wildman–Crippen MR) is 154 cm³/mol. The molecule has 1 amide bonds.